The summed E-state index contributed by atoms with van der Waals surface area (Å²) in [6, 6.07) is 2.51. The van der Waals surface area contributed by atoms with Gasteiger partial charge in [0.2, 0.25) is 11.7 Å². The number of urea groups is 1. The maximum atomic E-state index is 12.2. The summed E-state index contributed by atoms with van der Waals surface area (Å²) in [5, 5.41) is 4.69. The number of sulfonamides is 1. The highest BCUT2D eigenvalue weighted by Crippen LogP contribution is 2.22. The molecule has 0 saturated carbocycles. The number of nitrogens with one attached hydrogen (secondary N) is 2. The smallest absolute Gasteiger partial charge is 0.335 e. The number of aryl methyl sites for hydroxylation is 3. The Labute approximate surface area is 142 Å². The molecule has 3 aromatic heterocycles. The van der Waals surface area contributed by atoms with E-state index in [1.54, 1.807) is 38.3 Å². The summed E-state index contributed by atoms with van der Waals surface area (Å²) in [7, 11) is -3.94. The number of carbonyl (C=O) groups excluding carboxylic acids is 1. The van der Waals surface area contributed by atoms with Crippen LogP contribution in [-0.4, -0.2) is 24.4 Å². The number of aromatic nitrogens is 2. The first-order valence-corrected chi connectivity index (χ1v) is 9.25. The van der Waals surface area contributed by atoms with E-state index in [9.17, 15) is 13.2 Å². The van der Waals surface area contributed by atoms with Crippen LogP contribution < -0.4 is 10.0 Å². The summed E-state index contributed by atoms with van der Waals surface area (Å²) in [5.41, 5.74) is 1.51. The van der Waals surface area contributed by atoms with Crippen LogP contribution >= 0.6 is 11.3 Å². The average Bonchev–Trinajstić information content (AvgIpc) is 3.03. The molecular formula is C14H14N4O4S2. The van der Waals surface area contributed by atoms with Crippen LogP contribution in [0.1, 0.15) is 17.0 Å². The third-order valence-electron chi connectivity index (χ3n) is 3.22. The van der Waals surface area contributed by atoms with Gasteiger partial charge in [-0.1, -0.05) is 0 Å². The molecular weight excluding hydrogens is 352 g/mol. The highest BCUT2D eigenvalue weighted by atomic mass is 32.2. The number of furan rings is 1. The minimum atomic E-state index is -3.94. The first-order valence-electron chi connectivity index (χ1n) is 6.89. The monoisotopic (exact) mass is 366 g/mol. The van der Waals surface area contributed by atoms with Gasteiger partial charge in [-0.3, -0.25) is 5.32 Å². The van der Waals surface area contributed by atoms with Gasteiger partial charge >= 0.3 is 6.03 Å². The lowest BCUT2D eigenvalue weighted by Crippen LogP contribution is -2.34. The molecule has 24 heavy (non-hydrogen) atoms. The van der Waals surface area contributed by atoms with Gasteiger partial charge in [0, 0.05) is 0 Å². The number of hydrogen-bond acceptors (Lipinski definition) is 7. The van der Waals surface area contributed by atoms with Gasteiger partial charge < -0.3 is 4.42 Å². The summed E-state index contributed by atoms with van der Waals surface area (Å²) in [6.45, 7) is 5.17. The number of nitrogens with zero attached hydrogens (tertiary/aromatic N) is 2. The topological polar surface area (TPSA) is 114 Å². The number of rotatable bonds is 3. The van der Waals surface area contributed by atoms with E-state index in [4.69, 9.17) is 4.42 Å². The van der Waals surface area contributed by atoms with Crippen LogP contribution in [0.4, 0.5) is 10.7 Å². The standard InChI is InChI=1S/C14H14N4O4S2/c1-7-4-5-23-12(7)24(20,21)18-14(19)17-13-15-9(3)10-6-8(2)22-11(10)16-13/h4-6H,1-3H3,(H2,15,16,17,18,19). The van der Waals surface area contributed by atoms with Crippen molar-refractivity contribution in [1.29, 1.82) is 0 Å². The van der Waals surface area contributed by atoms with Crippen LogP contribution in [0, 0.1) is 20.8 Å². The van der Waals surface area contributed by atoms with Crippen LogP contribution in [0.3, 0.4) is 0 Å². The second-order valence-corrected chi connectivity index (χ2v) is 7.95. The molecule has 0 aliphatic heterocycles. The molecule has 0 aliphatic carbocycles. The van der Waals surface area contributed by atoms with E-state index in [1.807, 2.05) is 4.72 Å². The van der Waals surface area contributed by atoms with Crippen LogP contribution in [0.25, 0.3) is 11.1 Å². The van der Waals surface area contributed by atoms with Crippen molar-refractivity contribution in [2.24, 2.45) is 0 Å². The van der Waals surface area contributed by atoms with Crippen molar-refractivity contribution in [2.75, 3.05) is 5.32 Å². The molecule has 0 aliphatic rings. The summed E-state index contributed by atoms with van der Waals surface area (Å²) >= 11 is 1.04. The second-order valence-electron chi connectivity index (χ2n) is 5.16. The SMILES string of the molecule is Cc1cc2c(C)nc(NC(=O)NS(=O)(=O)c3sccc3C)nc2o1. The van der Waals surface area contributed by atoms with Gasteiger partial charge in [0.15, 0.2) is 0 Å². The molecule has 0 bridgehead atoms. The predicted octanol–water partition coefficient (Wildman–Crippen LogP) is 2.72. The van der Waals surface area contributed by atoms with Gasteiger partial charge in [-0.15, -0.1) is 11.3 Å². The normalized spacial score (nSPS) is 11.6. The Morgan fingerprint density at radius 3 is 2.67 bits per heavy atom. The molecule has 2 N–H and O–H groups in total. The Kier molecular flexibility index (Phi) is 4.01. The fraction of sp³-hybridized carbons (Fsp3) is 0.214. The zero-order valence-corrected chi connectivity index (χ0v) is 14.7. The third-order valence-corrected chi connectivity index (χ3v) is 6.24. The number of carbonyl (C=O) groups is 1. The molecule has 0 saturated heterocycles. The van der Waals surface area contributed by atoms with Gasteiger partial charge in [-0.25, -0.2) is 22.9 Å². The first kappa shape index (κ1) is 16.4. The number of hydrogen-bond donors (Lipinski definition) is 2. The number of anilines is 1. The maximum Gasteiger partial charge on any atom is 0.335 e. The van der Waals surface area contributed by atoms with Crippen molar-refractivity contribution in [2.45, 2.75) is 25.0 Å². The van der Waals surface area contributed by atoms with E-state index < -0.39 is 16.1 Å². The number of amides is 2. The second kappa shape index (κ2) is 5.87. The molecule has 0 atom stereocenters. The zero-order valence-electron chi connectivity index (χ0n) is 13.1. The summed E-state index contributed by atoms with van der Waals surface area (Å²) in [6.07, 6.45) is 0. The van der Waals surface area contributed by atoms with Crippen molar-refractivity contribution < 1.29 is 17.6 Å². The van der Waals surface area contributed by atoms with E-state index in [2.05, 4.69) is 15.3 Å². The molecule has 0 fully saturated rings. The highest BCUT2D eigenvalue weighted by Gasteiger charge is 2.22. The maximum absolute atomic E-state index is 12.2. The molecule has 0 spiro atoms. The lowest BCUT2D eigenvalue weighted by molar-refractivity contribution is 0.256. The Morgan fingerprint density at radius 1 is 1.25 bits per heavy atom. The zero-order chi connectivity index (χ0) is 17.5. The molecule has 3 rings (SSSR count). The molecule has 3 aromatic rings. The Bertz CT molecular complexity index is 1040. The summed E-state index contributed by atoms with van der Waals surface area (Å²) in [4.78, 5) is 20.2. The van der Waals surface area contributed by atoms with Crippen molar-refractivity contribution in [3.8, 4) is 0 Å². The van der Waals surface area contributed by atoms with Crippen LogP contribution in [0.15, 0.2) is 26.1 Å². The first-order chi connectivity index (χ1) is 11.3. The largest absolute Gasteiger partial charge is 0.443 e. The van der Waals surface area contributed by atoms with Gasteiger partial charge in [0.1, 0.15) is 9.97 Å². The molecule has 126 valence electrons. The Balaban J connectivity index is 1.81. The van der Waals surface area contributed by atoms with Crippen molar-refractivity contribution in [1.82, 2.24) is 14.7 Å². The molecule has 0 aromatic carbocycles. The number of thiophene rings is 1. The minimum Gasteiger partial charge on any atom is -0.443 e. The fourth-order valence-electron chi connectivity index (χ4n) is 2.17. The van der Waals surface area contributed by atoms with Gasteiger partial charge in [-0.2, -0.15) is 4.98 Å². The Morgan fingerprint density at radius 2 is 2.00 bits per heavy atom. The quantitative estimate of drug-likeness (QED) is 0.736. The minimum absolute atomic E-state index is 0.0371. The van der Waals surface area contributed by atoms with E-state index in [0.717, 1.165) is 16.7 Å². The molecule has 2 amide bonds. The van der Waals surface area contributed by atoms with E-state index >= 15 is 0 Å². The molecule has 0 unspecified atom stereocenters. The molecule has 3 heterocycles. The fourth-order valence-corrected chi connectivity index (χ4v) is 4.50. The van der Waals surface area contributed by atoms with Crippen molar-refractivity contribution >= 4 is 44.4 Å². The van der Waals surface area contributed by atoms with Crippen molar-refractivity contribution in [3.63, 3.8) is 0 Å². The lowest BCUT2D eigenvalue weighted by Gasteiger charge is -2.07. The van der Waals surface area contributed by atoms with Crippen LogP contribution in [0.5, 0.6) is 0 Å². The predicted molar refractivity (Wildman–Crippen MR) is 89.7 cm³/mol. The van der Waals surface area contributed by atoms with E-state index in [0.29, 0.717) is 22.7 Å². The molecule has 0 radical (unpaired) electrons. The highest BCUT2D eigenvalue weighted by molar-refractivity contribution is 7.92. The lowest BCUT2D eigenvalue weighted by atomic mass is 10.3. The molecule has 10 heteroatoms. The van der Waals surface area contributed by atoms with Crippen LogP contribution in [-0.2, 0) is 10.0 Å². The number of fused-ring (bicyclic) bond motifs is 1. The van der Waals surface area contributed by atoms with Gasteiger partial charge in [0.25, 0.3) is 10.0 Å². The van der Waals surface area contributed by atoms with Gasteiger partial charge in [-0.05, 0) is 43.8 Å². The summed E-state index contributed by atoms with van der Waals surface area (Å²) in [5.74, 6) is 0.629. The van der Waals surface area contributed by atoms with Crippen LogP contribution in [0.2, 0.25) is 0 Å². The van der Waals surface area contributed by atoms with E-state index in [1.165, 1.54) is 0 Å². The average molecular weight is 366 g/mol. The van der Waals surface area contributed by atoms with Gasteiger partial charge in [0.05, 0.1) is 11.1 Å². The molecule has 8 nitrogen and oxygen atoms in total. The van der Waals surface area contributed by atoms with Crippen molar-refractivity contribution in [3.05, 3.63) is 34.5 Å². The third kappa shape index (κ3) is 3.10. The van der Waals surface area contributed by atoms with E-state index in [-0.39, 0.29) is 10.2 Å². The summed E-state index contributed by atoms with van der Waals surface area (Å²) < 4.78 is 31.8. The Hall–Kier alpha value is -2.46.